The maximum Gasteiger partial charge on any atom is 0.195 e. The van der Waals surface area contributed by atoms with E-state index in [1.54, 1.807) is 14.2 Å². The van der Waals surface area contributed by atoms with E-state index in [1.165, 1.54) is 0 Å². The fraction of sp³-hybridized carbons (Fsp3) is 0.588. The predicted molar refractivity (Wildman–Crippen MR) is 96.9 cm³/mol. The number of aliphatic imine (C=N–C) groups is 1. The van der Waals surface area contributed by atoms with E-state index >= 15 is 0 Å². The second-order valence-electron chi connectivity index (χ2n) is 5.50. The molecule has 0 radical (unpaired) electrons. The molecule has 0 aliphatic rings. The summed E-state index contributed by atoms with van der Waals surface area (Å²) < 4.78 is 10.9. The summed E-state index contributed by atoms with van der Waals surface area (Å²) in [7, 11) is 5.50. The van der Waals surface area contributed by atoms with Crippen molar-refractivity contribution in [2.24, 2.45) is 4.99 Å². The van der Waals surface area contributed by atoms with Crippen molar-refractivity contribution in [3.63, 3.8) is 0 Å². The van der Waals surface area contributed by atoms with Gasteiger partial charge in [-0.25, -0.2) is 0 Å². The summed E-state index contributed by atoms with van der Waals surface area (Å²) in [6.07, 6.45) is 0. The number of hydrogen-bond donors (Lipinski definition) is 2. The van der Waals surface area contributed by atoms with Gasteiger partial charge in [0.25, 0.3) is 0 Å². The van der Waals surface area contributed by atoms with Gasteiger partial charge in [0.1, 0.15) is 0 Å². The number of likely N-dealkylation sites (N-methyl/N-ethyl adjacent to an activating group) is 1. The van der Waals surface area contributed by atoms with Gasteiger partial charge in [0.2, 0.25) is 0 Å². The third-order valence-corrected chi connectivity index (χ3v) is 3.59. The van der Waals surface area contributed by atoms with E-state index in [4.69, 9.17) is 9.47 Å². The van der Waals surface area contributed by atoms with Gasteiger partial charge in [0.05, 0.1) is 13.7 Å². The molecule has 0 atom stereocenters. The van der Waals surface area contributed by atoms with Crippen LogP contribution in [0.3, 0.4) is 0 Å². The number of guanidine groups is 1. The van der Waals surface area contributed by atoms with Gasteiger partial charge in [0.15, 0.2) is 17.5 Å². The number of hydrogen-bond acceptors (Lipinski definition) is 4. The zero-order valence-corrected chi connectivity index (χ0v) is 15.1. The Labute approximate surface area is 139 Å². The first-order valence-electron chi connectivity index (χ1n) is 8.00. The van der Waals surface area contributed by atoms with Crippen LogP contribution in [0.4, 0.5) is 5.69 Å². The molecule has 0 heterocycles. The summed E-state index contributed by atoms with van der Waals surface area (Å²) >= 11 is 0. The highest BCUT2D eigenvalue weighted by molar-refractivity contribution is 5.93. The van der Waals surface area contributed by atoms with Crippen LogP contribution in [-0.2, 0) is 0 Å². The molecule has 0 bridgehead atoms. The normalized spacial score (nSPS) is 11.7. The van der Waals surface area contributed by atoms with Crippen molar-refractivity contribution in [2.45, 2.75) is 26.8 Å². The Kier molecular flexibility index (Phi) is 8.26. The van der Waals surface area contributed by atoms with E-state index in [0.29, 0.717) is 18.4 Å². The number of anilines is 1. The highest BCUT2D eigenvalue weighted by Gasteiger charge is 2.07. The van der Waals surface area contributed by atoms with Gasteiger partial charge in [-0.05, 0) is 40.0 Å². The lowest BCUT2D eigenvalue weighted by Crippen LogP contribution is -2.38. The summed E-state index contributed by atoms with van der Waals surface area (Å²) in [5.74, 6) is 2.17. The average molecular weight is 322 g/mol. The van der Waals surface area contributed by atoms with Crippen LogP contribution < -0.4 is 20.1 Å². The summed E-state index contributed by atoms with van der Waals surface area (Å²) in [4.78, 5) is 6.52. The molecule has 23 heavy (non-hydrogen) atoms. The minimum atomic E-state index is 0.530. The molecule has 2 N–H and O–H groups in total. The van der Waals surface area contributed by atoms with E-state index in [-0.39, 0.29) is 0 Å². The number of methoxy groups -OCH3 is 1. The molecule has 0 aliphatic heterocycles. The van der Waals surface area contributed by atoms with Crippen LogP contribution in [0.1, 0.15) is 20.8 Å². The second kappa shape index (κ2) is 9.94. The highest BCUT2D eigenvalue weighted by Crippen LogP contribution is 2.30. The first-order chi connectivity index (χ1) is 11.0. The van der Waals surface area contributed by atoms with Crippen molar-refractivity contribution in [1.82, 2.24) is 10.2 Å². The van der Waals surface area contributed by atoms with Crippen LogP contribution in [0.2, 0.25) is 0 Å². The summed E-state index contributed by atoms with van der Waals surface area (Å²) in [5.41, 5.74) is 0.899. The molecule has 0 spiro atoms. The van der Waals surface area contributed by atoms with Crippen molar-refractivity contribution in [3.05, 3.63) is 18.2 Å². The lowest BCUT2D eigenvalue weighted by Gasteiger charge is -2.21. The Morgan fingerprint density at radius 1 is 1.30 bits per heavy atom. The minimum absolute atomic E-state index is 0.530. The molecule has 0 unspecified atom stereocenters. The number of nitrogens with zero attached hydrogens (tertiary/aromatic N) is 2. The summed E-state index contributed by atoms with van der Waals surface area (Å²) in [6.45, 7) is 8.69. The molecule has 0 fully saturated rings. The van der Waals surface area contributed by atoms with Gasteiger partial charge in [0, 0.05) is 37.9 Å². The van der Waals surface area contributed by atoms with E-state index in [9.17, 15) is 0 Å². The van der Waals surface area contributed by atoms with Gasteiger partial charge >= 0.3 is 0 Å². The van der Waals surface area contributed by atoms with Gasteiger partial charge in [-0.3, -0.25) is 4.99 Å². The Morgan fingerprint density at radius 3 is 2.61 bits per heavy atom. The number of nitrogens with one attached hydrogen (secondary N) is 2. The minimum Gasteiger partial charge on any atom is -0.493 e. The average Bonchev–Trinajstić information content (AvgIpc) is 2.54. The lowest BCUT2D eigenvalue weighted by atomic mass is 10.2. The number of rotatable bonds is 8. The van der Waals surface area contributed by atoms with Gasteiger partial charge in [-0.1, -0.05) is 0 Å². The highest BCUT2D eigenvalue weighted by atomic mass is 16.5. The Morgan fingerprint density at radius 2 is 2.04 bits per heavy atom. The molecule has 0 aromatic heterocycles. The van der Waals surface area contributed by atoms with E-state index in [0.717, 1.165) is 30.5 Å². The third-order valence-electron chi connectivity index (χ3n) is 3.59. The largest absolute Gasteiger partial charge is 0.493 e. The Bertz CT molecular complexity index is 503. The monoisotopic (exact) mass is 322 g/mol. The fourth-order valence-corrected chi connectivity index (χ4v) is 1.94. The second-order valence-corrected chi connectivity index (χ2v) is 5.50. The van der Waals surface area contributed by atoms with Crippen molar-refractivity contribution >= 4 is 11.6 Å². The Hall–Kier alpha value is -1.95. The predicted octanol–water partition coefficient (Wildman–Crippen LogP) is 2.42. The lowest BCUT2D eigenvalue weighted by molar-refractivity contribution is 0.278. The van der Waals surface area contributed by atoms with E-state index in [2.05, 4.69) is 41.4 Å². The first kappa shape index (κ1) is 19.1. The third kappa shape index (κ3) is 6.36. The van der Waals surface area contributed by atoms with Crippen LogP contribution in [0, 0.1) is 0 Å². The molecule has 0 amide bonds. The molecule has 6 heteroatoms. The maximum atomic E-state index is 5.52. The van der Waals surface area contributed by atoms with Gasteiger partial charge in [-0.15, -0.1) is 0 Å². The zero-order valence-electron chi connectivity index (χ0n) is 15.1. The first-order valence-corrected chi connectivity index (χ1v) is 8.00. The molecule has 0 aliphatic carbocycles. The summed E-state index contributed by atoms with van der Waals surface area (Å²) in [6, 6.07) is 6.27. The van der Waals surface area contributed by atoms with Gasteiger partial charge in [-0.2, -0.15) is 0 Å². The standard InChI is InChI=1S/C17H30N4O2/c1-7-23-15-9-8-14(12-16(15)22-6)20-17(18-4)19-10-11-21(5)13(2)3/h8-9,12-13H,7,10-11H2,1-6H3,(H2,18,19,20). The molecular weight excluding hydrogens is 292 g/mol. The molecule has 0 saturated heterocycles. The summed E-state index contributed by atoms with van der Waals surface area (Å²) in [5, 5.41) is 6.57. The van der Waals surface area contributed by atoms with Crippen molar-refractivity contribution in [3.8, 4) is 11.5 Å². The van der Waals surface area contributed by atoms with E-state index in [1.807, 2.05) is 25.1 Å². The molecule has 1 rings (SSSR count). The SMILES string of the molecule is CCOc1ccc(NC(=NC)NCCN(C)C(C)C)cc1OC. The zero-order chi connectivity index (χ0) is 17.2. The van der Waals surface area contributed by atoms with E-state index < -0.39 is 0 Å². The quantitative estimate of drug-likeness (QED) is 0.569. The molecular formula is C17H30N4O2. The van der Waals surface area contributed by atoms with Crippen LogP contribution >= 0.6 is 0 Å². The van der Waals surface area contributed by atoms with Crippen LogP contribution in [0.25, 0.3) is 0 Å². The Balaban J connectivity index is 2.62. The number of benzene rings is 1. The van der Waals surface area contributed by atoms with Crippen LogP contribution in [0.15, 0.2) is 23.2 Å². The van der Waals surface area contributed by atoms with Crippen molar-refractivity contribution < 1.29 is 9.47 Å². The van der Waals surface area contributed by atoms with Crippen LogP contribution in [0.5, 0.6) is 11.5 Å². The van der Waals surface area contributed by atoms with Gasteiger partial charge < -0.3 is 25.0 Å². The van der Waals surface area contributed by atoms with Crippen molar-refractivity contribution in [2.75, 3.05) is 46.2 Å². The molecule has 130 valence electrons. The molecule has 0 saturated carbocycles. The molecule has 1 aromatic carbocycles. The molecule has 1 aromatic rings. The maximum absolute atomic E-state index is 5.52. The fourth-order valence-electron chi connectivity index (χ4n) is 1.94. The number of ether oxygens (including phenoxy) is 2. The topological polar surface area (TPSA) is 58.1 Å². The van der Waals surface area contributed by atoms with Crippen LogP contribution in [-0.4, -0.2) is 57.8 Å². The molecule has 6 nitrogen and oxygen atoms in total. The van der Waals surface area contributed by atoms with Crippen molar-refractivity contribution in [1.29, 1.82) is 0 Å². The smallest absolute Gasteiger partial charge is 0.195 e.